The van der Waals surface area contributed by atoms with Gasteiger partial charge in [0, 0.05) is 11.0 Å². The van der Waals surface area contributed by atoms with E-state index in [0.717, 1.165) is 11.8 Å². The summed E-state index contributed by atoms with van der Waals surface area (Å²) < 4.78 is 16.1. The Morgan fingerprint density at radius 3 is 2.81 bits per heavy atom. The van der Waals surface area contributed by atoms with E-state index in [0.29, 0.717) is 34.3 Å². The summed E-state index contributed by atoms with van der Waals surface area (Å²) in [5.74, 6) is 0.743. The number of thioether (sulfide) groups is 1. The normalized spacial score (nSPS) is 13.1. The molecule has 0 saturated carbocycles. The maximum Gasteiger partial charge on any atom is 0.316 e. The molecule has 0 aliphatic carbocycles. The van der Waals surface area contributed by atoms with Gasteiger partial charge in [0.15, 0.2) is 11.5 Å². The Bertz CT molecular complexity index is 841. The summed E-state index contributed by atoms with van der Waals surface area (Å²) >= 11 is 1.14. The van der Waals surface area contributed by atoms with E-state index in [1.165, 1.54) is 0 Å². The molecule has 0 bridgehead atoms. The Morgan fingerprint density at radius 2 is 2.00 bits per heavy atom. The Kier molecular flexibility index (Phi) is 6.08. The molecule has 2 aromatic carbocycles. The molecular formula is C19H19NO6S. The van der Waals surface area contributed by atoms with Crippen molar-refractivity contribution in [3.05, 3.63) is 48.0 Å². The van der Waals surface area contributed by atoms with E-state index in [9.17, 15) is 9.59 Å². The van der Waals surface area contributed by atoms with Crippen LogP contribution in [-0.2, 0) is 4.79 Å². The van der Waals surface area contributed by atoms with Crippen LogP contribution < -0.4 is 19.5 Å². The SMILES string of the molecule is CC(Sc1ccccc1C(=O)NCCOc1ccc2c(c1)OCO2)C(=O)O. The van der Waals surface area contributed by atoms with Crippen LogP contribution in [0.3, 0.4) is 0 Å². The van der Waals surface area contributed by atoms with Gasteiger partial charge < -0.3 is 24.6 Å². The first-order valence-electron chi connectivity index (χ1n) is 8.34. The lowest BCUT2D eigenvalue weighted by Crippen LogP contribution is -2.28. The van der Waals surface area contributed by atoms with E-state index in [1.807, 2.05) is 0 Å². The molecule has 0 aromatic heterocycles. The van der Waals surface area contributed by atoms with Gasteiger partial charge in [-0.3, -0.25) is 9.59 Å². The smallest absolute Gasteiger partial charge is 0.316 e. The van der Waals surface area contributed by atoms with Crippen molar-refractivity contribution in [1.82, 2.24) is 5.32 Å². The number of benzene rings is 2. The zero-order valence-corrected chi connectivity index (χ0v) is 15.5. The molecule has 1 aliphatic rings. The average Bonchev–Trinajstić information content (AvgIpc) is 3.13. The first-order valence-corrected chi connectivity index (χ1v) is 9.21. The van der Waals surface area contributed by atoms with Crippen molar-refractivity contribution < 1.29 is 28.9 Å². The van der Waals surface area contributed by atoms with Gasteiger partial charge in [-0.2, -0.15) is 0 Å². The fourth-order valence-corrected chi connectivity index (χ4v) is 3.32. The predicted octanol–water partition coefficient (Wildman–Crippen LogP) is 2.79. The van der Waals surface area contributed by atoms with E-state index in [2.05, 4.69) is 5.32 Å². The Morgan fingerprint density at radius 1 is 1.22 bits per heavy atom. The van der Waals surface area contributed by atoms with Gasteiger partial charge in [0.25, 0.3) is 5.91 Å². The lowest BCUT2D eigenvalue weighted by atomic mass is 10.2. The zero-order valence-electron chi connectivity index (χ0n) is 14.6. The second-order valence-corrected chi connectivity index (χ2v) is 7.10. The minimum absolute atomic E-state index is 0.201. The maximum atomic E-state index is 12.4. The predicted molar refractivity (Wildman–Crippen MR) is 99.8 cm³/mol. The van der Waals surface area contributed by atoms with Crippen LogP contribution >= 0.6 is 11.8 Å². The number of rotatable bonds is 8. The highest BCUT2D eigenvalue weighted by Crippen LogP contribution is 2.35. The standard InChI is InChI=1S/C19H19NO6S/c1-12(19(22)23)27-17-5-3-2-4-14(17)18(21)20-8-9-24-13-6-7-15-16(10-13)26-11-25-15/h2-7,10,12H,8-9,11H2,1H3,(H,20,21)(H,22,23). The fourth-order valence-electron chi connectivity index (χ4n) is 2.39. The highest BCUT2D eigenvalue weighted by molar-refractivity contribution is 8.00. The van der Waals surface area contributed by atoms with Gasteiger partial charge in [0.1, 0.15) is 17.6 Å². The van der Waals surface area contributed by atoms with Crippen molar-refractivity contribution in [2.75, 3.05) is 19.9 Å². The van der Waals surface area contributed by atoms with Crippen LogP contribution in [0.1, 0.15) is 17.3 Å². The van der Waals surface area contributed by atoms with Crippen LogP contribution in [0.4, 0.5) is 0 Å². The summed E-state index contributed by atoms with van der Waals surface area (Å²) in [4.78, 5) is 24.1. The third kappa shape index (κ3) is 4.85. The van der Waals surface area contributed by atoms with Crippen LogP contribution in [-0.4, -0.2) is 42.2 Å². The van der Waals surface area contributed by atoms with E-state index in [4.69, 9.17) is 19.3 Å². The van der Waals surface area contributed by atoms with Crippen LogP contribution in [0.2, 0.25) is 0 Å². The summed E-state index contributed by atoms with van der Waals surface area (Å²) in [6.07, 6.45) is 0. The van der Waals surface area contributed by atoms with Gasteiger partial charge in [0.2, 0.25) is 6.79 Å². The molecule has 3 rings (SSSR count). The Hall–Kier alpha value is -2.87. The molecule has 1 amide bonds. The number of hydrogen-bond donors (Lipinski definition) is 2. The summed E-state index contributed by atoms with van der Waals surface area (Å²) in [6.45, 7) is 2.38. The van der Waals surface area contributed by atoms with Crippen LogP contribution in [0.25, 0.3) is 0 Å². The van der Waals surface area contributed by atoms with Crippen molar-refractivity contribution in [2.45, 2.75) is 17.1 Å². The molecule has 1 heterocycles. The highest BCUT2D eigenvalue weighted by Gasteiger charge is 2.18. The molecule has 142 valence electrons. The topological polar surface area (TPSA) is 94.1 Å². The number of ether oxygens (including phenoxy) is 3. The van der Waals surface area contributed by atoms with Crippen LogP contribution in [0.5, 0.6) is 17.2 Å². The highest BCUT2D eigenvalue weighted by atomic mass is 32.2. The monoisotopic (exact) mass is 389 g/mol. The molecular weight excluding hydrogens is 370 g/mol. The van der Waals surface area contributed by atoms with Crippen molar-refractivity contribution in [1.29, 1.82) is 0 Å². The number of carbonyl (C=O) groups is 2. The van der Waals surface area contributed by atoms with Crippen molar-refractivity contribution in [3.8, 4) is 17.2 Å². The zero-order chi connectivity index (χ0) is 19.2. The lowest BCUT2D eigenvalue weighted by Gasteiger charge is -2.12. The minimum atomic E-state index is -0.924. The molecule has 27 heavy (non-hydrogen) atoms. The lowest BCUT2D eigenvalue weighted by molar-refractivity contribution is -0.136. The van der Waals surface area contributed by atoms with E-state index in [1.54, 1.807) is 49.4 Å². The Labute approximate surface area is 160 Å². The van der Waals surface area contributed by atoms with Crippen LogP contribution in [0, 0.1) is 0 Å². The van der Waals surface area contributed by atoms with Gasteiger partial charge in [0.05, 0.1) is 12.1 Å². The van der Waals surface area contributed by atoms with Gasteiger partial charge in [-0.1, -0.05) is 12.1 Å². The number of carboxylic acid groups (broad SMARTS) is 1. The summed E-state index contributed by atoms with van der Waals surface area (Å²) in [5.41, 5.74) is 0.443. The van der Waals surface area contributed by atoms with Gasteiger partial charge in [-0.15, -0.1) is 11.8 Å². The summed E-state index contributed by atoms with van der Waals surface area (Å²) in [7, 11) is 0. The first-order chi connectivity index (χ1) is 13.0. The second-order valence-electron chi connectivity index (χ2n) is 5.71. The third-order valence-electron chi connectivity index (χ3n) is 3.78. The van der Waals surface area contributed by atoms with Gasteiger partial charge in [-0.05, 0) is 31.2 Å². The molecule has 1 unspecified atom stereocenters. The van der Waals surface area contributed by atoms with Gasteiger partial charge in [-0.25, -0.2) is 0 Å². The molecule has 0 fully saturated rings. The molecule has 0 saturated heterocycles. The first kappa shape index (κ1) is 18.9. The molecule has 7 nitrogen and oxygen atoms in total. The third-order valence-corrected chi connectivity index (χ3v) is 4.95. The number of amides is 1. The summed E-state index contributed by atoms with van der Waals surface area (Å²) in [5, 5.41) is 11.2. The van der Waals surface area contributed by atoms with Crippen molar-refractivity contribution >= 4 is 23.6 Å². The van der Waals surface area contributed by atoms with Crippen molar-refractivity contribution in [3.63, 3.8) is 0 Å². The van der Waals surface area contributed by atoms with Crippen molar-refractivity contribution in [2.24, 2.45) is 0 Å². The number of carbonyl (C=O) groups excluding carboxylic acids is 1. The molecule has 1 atom stereocenters. The maximum absolute atomic E-state index is 12.4. The number of aliphatic carboxylic acids is 1. The average molecular weight is 389 g/mol. The molecule has 0 radical (unpaired) electrons. The van der Waals surface area contributed by atoms with E-state index < -0.39 is 11.2 Å². The number of nitrogens with one attached hydrogen (secondary N) is 1. The molecule has 0 spiro atoms. The fraction of sp³-hybridized carbons (Fsp3) is 0.263. The molecule has 2 aromatic rings. The molecule has 8 heteroatoms. The molecule has 1 aliphatic heterocycles. The van der Waals surface area contributed by atoms with Gasteiger partial charge >= 0.3 is 5.97 Å². The largest absolute Gasteiger partial charge is 0.492 e. The van der Waals surface area contributed by atoms with Crippen LogP contribution in [0.15, 0.2) is 47.4 Å². The van der Waals surface area contributed by atoms with E-state index in [-0.39, 0.29) is 19.3 Å². The summed E-state index contributed by atoms with van der Waals surface area (Å²) in [6, 6.07) is 12.2. The Balaban J connectivity index is 1.51. The number of carboxylic acids is 1. The second kappa shape index (κ2) is 8.68. The number of fused-ring (bicyclic) bond motifs is 1. The molecule has 2 N–H and O–H groups in total. The minimum Gasteiger partial charge on any atom is -0.492 e. The quantitative estimate of drug-likeness (QED) is 0.530. The number of hydrogen-bond acceptors (Lipinski definition) is 6. The van der Waals surface area contributed by atoms with E-state index >= 15 is 0 Å².